The van der Waals surface area contributed by atoms with E-state index >= 15 is 0 Å². The highest BCUT2D eigenvalue weighted by Gasteiger charge is 2.35. The molecule has 2 atom stereocenters. The van der Waals surface area contributed by atoms with Gasteiger partial charge >= 0.3 is 5.97 Å². The van der Waals surface area contributed by atoms with Gasteiger partial charge in [0.1, 0.15) is 6.10 Å². The van der Waals surface area contributed by atoms with E-state index in [0.29, 0.717) is 11.3 Å². The second-order valence-electron chi connectivity index (χ2n) is 7.58. The lowest BCUT2D eigenvalue weighted by Gasteiger charge is -2.39. The van der Waals surface area contributed by atoms with E-state index in [2.05, 4.69) is 20.8 Å². The molecule has 2 N–H and O–H groups in total. The minimum Gasteiger partial charge on any atom is -0.462 e. The first-order chi connectivity index (χ1) is 8.85. The second-order valence-corrected chi connectivity index (χ2v) is 7.58. The molecule has 0 aliphatic heterocycles. The summed E-state index contributed by atoms with van der Waals surface area (Å²) >= 11 is 0. The molecule has 0 aromatic heterocycles. The van der Waals surface area contributed by atoms with Crippen molar-refractivity contribution in [1.29, 1.82) is 0 Å². The Hall–Kier alpha value is -0.570. The predicted molar refractivity (Wildman–Crippen MR) is 76.6 cm³/mol. The van der Waals surface area contributed by atoms with Gasteiger partial charge in [0.25, 0.3) is 0 Å². The molecule has 3 heteroatoms. The van der Waals surface area contributed by atoms with Crippen molar-refractivity contribution in [2.75, 3.05) is 0 Å². The van der Waals surface area contributed by atoms with Crippen LogP contribution in [-0.2, 0) is 9.53 Å². The van der Waals surface area contributed by atoms with E-state index in [9.17, 15) is 4.79 Å². The van der Waals surface area contributed by atoms with Crippen molar-refractivity contribution in [3.63, 3.8) is 0 Å². The third-order valence-corrected chi connectivity index (χ3v) is 4.73. The summed E-state index contributed by atoms with van der Waals surface area (Å²) in [5, 5.41) is 0. The summed E-state index contributed by atoms with van der Waals surface area (Å²) in [6.07, 6.45) is 7.15. The number of hydrogen-bond donors (Lipinski definition) is 1. The van der Waals surface area contributed by atoms with Crippen LogP contribution in [0.3, 0.4) is 0 Å². The molecule has 0 radical (unpaired) electrons. The minimum atomic E-state index is 0.0294. The number of carbonyl (C=O) groups excluding carboxylic acids is 1. The monoisotopic (exact) mass is 267 g/mol. The summed E-state index contributed by atoms with van der Waals surface area (Å²) in [6, 6.07) is 0.290. The molecule has 0 aromatic carbocycles. The fourth-order valence-electron chi connectivity index (χ4n) is 3.96. The molecule has 0 heterocycles. The maximum Gasteiger partial charge on any atom is 0.309 e. The van der Waals surface area contributed by atoms with E-state index in [4.69, 9.17) is 10.5 Å². The Kier molecular flexibility index (Phi) is 4.54. The Morgan fingerprint density at radius 2 is 1.79 bits per heavy atom. The molecular formula is C16H29NO2. The van der Waals surface area contributed by atoms with Crippen molar-refractivity contribution in [2.45, 2.75) is 77.9 Å². The first-order valence-corrected chi connectivity index (χ1v) is 7.82. The Bertz CT molecular complexity index is 319. The van der Waals surface area contributed by atoms with Gasteiger partial charge in [-0.2, -0.15) is 0 Å². The molecule has 2 aliphatic carbocycles. The fourth-order valence-corrected chi connectivity index (χ4v) is 3.96. The van der Waals surface area contributed by atoms with E-state index in [0.717, 1.165) is 38.5 Å². The lowest BCUT2D eigenvalue weighted by Crippen LogP contribution is -2.37. The van der Waals surface area contributed by atoms with Crippen LogP contribution in [0.2, 0.25) is 0 Å². The van der Waals surface area contributed by atoms with Crippen LogP contribution in [0, 0.1) is 17.3 Å². The number of esters is 1. The third-order valence-electron chi connectivity index (χ3n) is 4.73. The van der Waals surface area contributed by atoms with Gasteiger partial charge in [-0.05, 0) is 56.3 Å². The zero-order chi connectivity index (χ0) is 14.0. The Balaban J connectivity index is 1.85. The van der Waals surface area contributed by atoms with Crippen molar-refractivity contribution < 1.29 is 9.53 Å². The number of carbonyl (C=O) groups is 1. The molecule has 0 aromatic rings. The first-order valence-electron chi connectivity index (χ1n) is 7.82. The van der Waals surface area contributed by atoms with Crippen LogP contribution >= 0.6 is 0 Å². The zero-order valence-electron chi connectivity index (χ0n) is 12.7. The van der Waals surface area contributed by atoms with Crippen molar-refractivity contribution >= 4 is 5.97 Å². The third kappa shape index (κ3) is 4.20. The molecule has 2 saturated carbocycles. The highest BCUT2D eigenvalue weighted by Crippen LogP contribution is 2.40. The standard InChI is InChI=1S/C16H29NO2/c1-11-8-14(10-16(2,3)9-11)19-15(18)12-4-6-13(17)7-5-12/h11-14H,4-10,17H2,1-3H3. The van der Waals surface area contributed by atoms with Crippen LogP contribution in [0.4, 0.5) is 0 Å². The van der Waals surface area contributed by atoms with E-state index in [1.807, 2.05) is 0 Å². The van der Waals surface area contributed by atoms with Crippen molar-refractivity contribution in [1.82, 2.24) is 0 Å². The highest BCUT2D eigenvalue weighted by molar-refractivity contribution is 5.72. The Morgan fingerprint density at radius 3 is 2.37 bits per heavy atom. The normalized spacial score (nSPS) is 38.7. The lowest BCUT2D eigenvalue weighted by molar-refractivity contribution is -0.159. The summed E-state index contributed by atoms with van der Waals surface area (Å²) in [4.78, 5) is 12.2. The van der Waals surface area contributed by atoms with Gasteiger partial charge in [-0.15, -0.1) is 0 Å². The number of rotatable bonds is 2. The molecule has 0 saturated heterocycles. The van der Waals surface area contributed by atoms with Crippen LogP contribution in [0.15, 0.2) is 0 Å². The van der Waals surface area contributed by atoms with E-state index in [-0.39, 0.29) is 24.0 Å². The lowest BCUT2D eigenvalue weighted by atomic mass is 9.71. The highest BCUT2D eigenvalue weighted by atomic mass is 16.5. The quantitative estimate of drug-likeness (QED) is 0.781. The molecule has 2 aliphatic rings. The van der Waals surface area contributed by atoms with E-state index < -0.39 is 0 Å². The van der Waals surface area contributed by atoms with Crippen LogP contribution in [-0.4, -0.2) is 18.1 Å². The average Bonchev–Trinajstić information content (AvgIpc) is 2.26. The van der Waals surface area contributed by atoms with Crippen LogP contribution in [0.5, 0.6) is 0 Å². The van der Waals surface area contributed by atoms with Crippen LogP contribution in [0.1, 0.15) is 65.7 Å². The molecular weight excluding hydrogens is 238 g/mol. The summed E-state index contributed by atoms with van der Waals surface area (Å²) in [5.41, 5.74) is 6.19. The Labute approximate surface area is 117 Å². The van der Waals surface area contributed by atoms with Crippen molar-refractivity contribution in [3.8, 4) is 0 Å². The predicted octanol–water partition coefficient (Wildman–Crippen LogP) is 3.26. The van der Waals surface area contributed by atoms with E-state index in [1.54, 1.807) is 0 Å². The number of ether oxygens (including phenoxy) is 1. The molecule has 2 rings (SSSR count). The van der Waals surface area contributed by atoms with Gasteiger partial charge < -0.3 is 10.5 Å². The SMILES string of the molecule is CC1CC(OC(=O)C2CCC(N)CC2)CC(C)(C)C1. The molecule has 0 spiro atoms. The van der Waals surface area contributed by atoms with Gasteiger partial charge in [0.05, 0.1) is 5.92 Å². The number of hydrogen-bond acceptors (Lipinski definition) is 3. The van der Waals surface area contributed by atoms with E-state index in [1.165, 1.54) is 6.42 Å². The molecule has 0 amide bonds. The van der Waals surface area contributed by atoms with Gasteiger partial charge in [0.15, 0.2) is 0 Å². The summed E-state index contributed by atoms with van der Waals surface area (Å²) in [5.74, 6) is 0.781. The summed E-state index contributed by atoms with van der Waals surface area (Å²) in [7, 11) is 0. The summed E-state index contributed by atoms with van der Waals surface area (Å²) < 4.78 is 5.79. The fraction of sp³-hybridized carbons (Fsp3) is 0.938. The molecule has 110 valence electrons. The van der Waals surface area contributed by atoms with Crippen molar-refractivity contribution in [2.24, 2.45) is 23.0 Å². The van der Waals surface area contributed by atoms with Crippen molar-refractivity contribution in [3.05, 3.63) is 0 Å². The molecule has 2 fully saturated rings. The summed E-state index contributed by atoms with van der Waals surface area (Å²) in [6.45, 7) is 6.83. The second kappa shape index (κ2) is 5.82. The molecule has 19 heavy (non-hydrogen) atoms. The van der Waals surface area contributed by atoms with Gasteiger partial charge in [0, 0.05) is 6.04 Å². The maximum atomic E-state index is 12.2. The maximum absolute atomic E-state index is 12.2. The van der Waals surface area contributed by atoms with Gasteiger partial charge in [-0.3, -0.25) is 4.79 Å². The van der Waals surface area contributed by atoms with Gasteiger partial charge in [-0.1, -0.05) is 20.8 Å². The minimum absolute atomic E-state index is 0.0294. The number of nitrogens with two attached hydrogens (primary N) is 1. The molecule has 0 bridgehead atoms. The van der Waals surface area contributed by atoms with Gasteiger partial charge in [0.2, 0.25) is 0 Å². The largest absolute Gasteiger partial charge is 0.462 e. The smallest absolute Gasteiger partial charge is 0.309 e. The average molecular weight is 267 g/mol. The van der Waals surface area contributed by atoms with Gasteiger partial charge in [-0.25, -0.2) is 0 Å². The topological polar surface area (TPSA) is 52.3 Å². The Morgan fingerprint density at radius 1 is 1.16 bits per heavy atom. The van der Waals surface area contributed by atoms with Crippen LogP contribution < -0.4 is 5.73 Å². The zero-order valence-corrected chi connectivity index (χ0v) is 12.7. The first kappa shape index (κ1) is 14.8. The molecule has 3 nitrogen and oxygen atoms in total. The van der Waals surface area contributed by atoms with Crippen LogP contribution in [0.25, 0.3) is 0 Å². The molecule has 2 unspecified atom stereocenters.